The molecule has 0 bridgehead atoms. The maximum Gasteiger partial charge on any atom is 0.214 e. The number of unbranched alkanes of at least 4 members (excludes halogenated alkanes) is 3. The van der Waals surface area contributed by atoms with Gasteiger partial charge in [0.05, 0.1) is 5.75 Å². The molecule has 9 heteroatoms. The van der Waals surface area contributed by atoms with Crippen molar-refractivity contribution in [3.8, 4) is 0 Å². The monoisotopic (exact) mass is 382 g/mol. The van der Waals surface area contributed by atoms with Gasteiger partial charge in [0.15, 0.2) is 5.96 Å². The van der Waals surface area contributed by atoms with E-state index < -0.39 is 10.0 Å². The standard InChI is InChI=1S/C17H30N6O2S/c1-22-11-13-23(14-12-22)26(24,25)15-5-3-2-4-8-20-17(18)21-16-6-9-19-10-7-16/h6-7,9-10H,2-5,8,11-15H2,1H3,(H3,18,19,20,21). The van der Waals surface area contributed by atoms with E-state index in [9.17, 15) is 8.42 Å². The lowest BCUT2D eigenvalue weighted by Gasteiger charge is -2.31. The Morgan fingerprint density at radius 2 is 1.77 bits per heavy atom. The Hall–Kier alpha value is -1.71. The van der Waals surface area contributed by atoms with E-state index in [1.165, 1.54) is 0 Å². The predicted octanol–water partition coefficient (Wildman–Crippen LogP) is 1.16. The summed E-state index contributed by atoms with van der Waals surface area (Å²) in [7, 11) is -1.09. The lowest BCUT2D eigenvalue weighted by molar-refractivity contribution is 0.222. The smallest absolute Gasteiger partial charge is 0.214 e. The van der Waals surface area contributed by atoms with Crippen LogP contribution in [0.25, 0.3) is 0 Å². The first-order chi connectivity index (χ1) is 12.5. The Morgan fingerprint density at radius 1 is 1.12 bits per heavy atom. The van der Waals surface area contributed by atoms with Crippen molar-refractivity contribution >= 4 is 21.7 Å². The van der Waals surface area contributed by atoms with Gasteiger partial charge in [0.25, 0.3) is 0 Å². The number of nitrogens with one attached hydrogen (secondary N) is 3. The minimum atomic E-state index is -3.11. The van der Waals surface area contributed by atoms with Gasteiger partial charge in [-0.3, -0.25) is 10.4 Å². The number of nitrogens with zero attached hydrogens (tertiary/aromatic N) is 3. The van der Waals surface area contributed by atoms with E-state index in [2.05, 4.69) is 20.5 Å². The first kappa shape index (κ1) is 20.6. The Kier molecular flexibility index (Phi) is 8.27. The topological polar surface area (TPSA) is 101 Å². The number of piperazine rings is 1. The molecule has 1 aromatic rings. The molecule has 0 amide bonds. The van der Waals surface area contributed by atoms with E-state index in [0.29, 0.717) is 26.1 Å². The van der Waals surface area contributed by atoms with E-state index >= 15 is 0 Å². The Balaban J connectivity index is 1.52. The maximum atomic E-state index is 12.3. The summed E-state index contributed by atoms with van der Waals surface area (Å²) in [4.78, 5) is 6.08. The number of anilines is 1. The van der Waals surface area contributed by atoms with Crippen LogP contribution in [0.15, 0.2) is 24.5 Å². The van der Waals surface area contributed by atoms with Gasteiger partial charge in [0.1, 0.15) is 0 Å². The lowest BCUT2D eigenvalue weighted by Crippen LogP contribution is -2.47. The second kappa shape index (κ2) is 10.4. The van der Waals surface area contributed by atoms with Crippen molar-refractivity contribution in [3.05, 3.63) is 24.5 Å². The average Bonchev–Trinajstić information content (AvgIpc) is 2.62. The minimum Gasteiger partial charge on any atom is -0.356 e. The summed E-state index contributed by atoms with van der Waals surface area (Å²) in [5, 5.41) is 13.8. The van der Waals surface area contributed by atoms with Gasteiger partial charge >= 0.3 is 0 Å². The van der Waals surface area contributed by atoms with Crippen molar-refractivity contribution in [1.82, 2.24) is 19.5 Å². The van der Waals surface area contributed by atoms with E-state index in [4.69, 9.17) is 5.41 Å². The molecule has 3 N–H and O–H groups in total. The van der Waals surface area contributed by atoms with Crippen LogP contribution in [0.1, 0.15) is 25.7 Å². The molecule has 2 rings (SSSR count). The number of hydrogen-bond acceptors (Lipinski definition) is 5. The molecule has 1 aromatic heterocycles. The third kappa shape index (κ3) is 7.27. The minimum absolute atomic E-state index is 0.240. The zero-order valence-corrected chi connectivity index (χ0v) is 16.3. The molecular weight excluding hydrogens is 352 g/mol. The third-order valence-corrected chi connectivity index (χ3v) is 6.39. The van der Waals surface area contributed by atoms with Gasteiger partial charge in [-0.05, 0) is 32.0 Å². The van der Waals surface area contributed by atoms with Gasteiger partial charge in [-0.15, -0.1) is 0 Å². The fraction of sp³-hybridized carbons (Fsp3) is 0.647. The summed E-state index contributed by atoms with van der Waals surface area (Å²) in [6.07, 6.45) is 6.79. The highest BCUT2D eigenvalue weighted by Gasteiger charge is 2.24. The van der Waals surface area contributed by atoms with Crippen LogP contribution in [0.3, 0.4) is 0 Å². The molecule has 1 fully saturated rings. The van der Waals surface area contributed by atoms with Crippen LogP contribution in [0.4, 0.5) is 5.69 Å². The number of aromatic nitrogens is 1. The summed E-state index contributed by atoms with van der Waals surface area (Å²) < 4.78 is 26.2. The summed E-state index contributed by atoms with van der Waals surface area (Å²) >= 11 is 0. The fourth-order valence-corrected chi connectivity index (χ4v) is 4.34. The normalized spacial score (nSPS) is 16.3. The van der Waals surface area contributed by atoms with E-state index in [-0.39, 0.29) is 11.7 Å². The summed E-state index contributed by atoms with van der Waals surface area (Å²) in [5.41, 5.74) is 0.826. The van der Waals surface area contributed by atoms with Crippen LogP contribution in [0.5, 0.6) is 0 Å². The van der Waals surface area contributed by atoms with Crippen LogP contribution in [-0.2, 0) is 10.0 Å². The number of rotatable bonds is 9. The molecule has 2 heterocycles. The number of guanidine groups is 1. The van der Waals surface area contributed by atoms with E-state index in [1.807, 2.05) is 7.05 Å². The van der Waals surface area contributed by atoms with Gasteiger partial charge in [0, 0.05) is 50.8 Å². The number of hydrogen-bond donors (Lipinski definition) is 3. The molecule has 0 atom stereocenters. The van der Waals surface area contributed by atoms with Crippen molar-refractivity contribution in [3.63, 3.8) is 0 Å². The molecule has 0 saturated carbocycles. The first-order valence-electron chi connectivity index (χ1n) is 9.13. The van der Waals surface area contributed by atoms with Crippen LogP contribution in [0.2, 0.25) is 0 Å². The molecule has 26 heavy (non-hydrogen) atoms. The van der Waals surface area contributed by atoms with Gasteiger partial charge in [0.2, 0.25) is 10.0 Å². The fourth-order valence-electron chi connectivity index (χ4n) is 2.80. The van der Waals surface area contributed by atoms with E-state index in [1.54, 1.807) is 28.8 Å². The quantitative estimate of drug-likeness (QED) is 0.336. The van der Waals surface area contributed by atoms with Crippen molar-refractivity contribution in [2.75, 3.05) is 50.8 Å². The summed E-state index contributed by atoms with van der Waals surface area (Å²) in [6.45, 7) is 3.53. The lowest BCUT2D eigenvalue weighted by atomic mass is 10.2. The van der Waals surface area contributed by atoms with Gasteiger partial charge in [-0.25, -0.2) is 8.42 Å². The molecule has 146 valence electrons. The molecule has 0 unspecified atom stereocenters. The van der Waals surface area contributed by atoms with Crippen LogP contribution in [0, 0.1) is 5.41 Å². The second-order valence-corrected chi connectivity index (χ2v) is 8.68. The number of likely N-dealkylation sites (N-methyl/N-ethyl adjacent to an activating group) is 1. The van der Waals surface area contributed by atoms with Crippen molar-refractivity contribution in [2.45, 2.75) is 25.7 Å². The highest BCUT2D eigenvalue weighted by molar-refractivity contribution is 7.89. The Bertz CT molecular complexity index is 644. The SMILES string of the molecule is CN1CCN(S(=O)(=O)CCCCCCNC(=N)Nc2ccncc2)CC1. The Morgan fingerprint density at radius 3 is 2.46 bits per heavy atom. The van der Waals surface area contributed by atoms with Crippen molar-refractivity contribution in [2.24, 2.45) is 0 Å². The molecular formula is C17H30N6O2S. The zero-order valence-electron chi connectivity index (χ0n) is 15.4. The molecule has 1 aliphatic rings. The third-order valence-electron chi connectivity index (χ3n) is 4.44. The maximum absolute atomic E-state index is 12.3. The second-order valence-electron chi connectivity index (χ2n) is 6.60. The molecule has 1 saturated heterocycles. The zero-order chi connectivity index (χ0) is 18.8. The highest BCUT2D eigenvalue weighted by atomic mass is 32.2. The first-order valence-corrected chi connectivity index (χ1v) is 10.7. The summed E-state index contributed by atoms with van der Waals surface area (Å²) in [6, 6.07) is 3.61. The summed E-state index contributed by atoms with van der Waals surface area (Å²) in [5.74, 6) is 0.498. The molecule has 0 spiro atoms. The van der Waals surface area contributed by atoms with Crippen LogP contribution in [-0.4, -0.2) is 74.1 Å². The highest BCUT2D eigenvalue weighted by Crippen LogP contribution is 2.10. The molecule has 0 radical (unpaired) electrons. The average molecular weight is 383 g/mol. The van der Waals surface area contributed by atoms with Crippen LogP contribution < -0.4 is 10.6 Å². The van der Waals surface area contributed by atoms with Crippen molar-refractivity contribution in [1.29, 1.82) is 5.41 Å². The number of sulfonamides is 1. The Labute approximate surface area is 156 Å². The van der Waals surface area contributed by atoms with E-state index in [0.717, 1.165) is 38.0 Å². The number of pyridine rings is 1. The molecule has 8 nitrogen and oxygen atoms in total. The van der Waals surface area contributed by atoms with Crippen LogP contribution >= 0.6 is 0 Å². The van der Waals surface area contributed by atoms with Gasteiger partial charge < -0.3 is 15.5 Å². The molecule has 0 aromatic carbocycles. The molecule has 0 aliphatic carbocycles. The van der Waals surface area contributed by atoms with Crippen molar-refractivity contribution < 1.29 is 8.42 Å². The van der Waals surface area contributed by atoms with Gasteiger partial charge in [-0.2, -0.15) is 4.31 Å². The van der Waals surface area contributed by atoms with Gasteiger partial charge in [-0.1, -0.05) is 12.8 Å². The predicted molar refractivity (Wildman–Crippen MR) is 105 cm³/mol. The molecule has 1 aliphatic heterocycles. The largest absolute Gasteiger partial charge is 0.356 e.